The van der Waals surface area contributed by atoms with Crippen LogP contribution in [-0.4, -0.2) is 47.7 Å². The molecular formula is C24H23FN4O2S. The average Bonchev–Trinajstić information content (AvgIpc) is 3.26. The number of pyridine rings is 2. The van der Waals surface area contributed by atoms with Gasteiger partial charge in [-0.15, -0.1) is 11.3 Å². The maximum Gasteiger partial charge on any atom is 0.167 e. The molecule has 164 valence electrons. The topological polar surface area (TPSA) is 73.5 Å². The van der Waals surface area contributed by atoms with E-state index in [0.717, 1.165) is 60.1 Å². The fourth-order valence-electron chi connectivity index (χ4n) is 3.67. The van der Waals surface area contributed by atoms with Gasteiger partial charge in [0.1, 0.15) is 5.75 Å². The van der Waals surface area contributed by atoms with E-state index in [1.807, 2.05) is 18.3 Å². The van der Waals surface area contributed by atoms with E-state index in [4.69, 9.17) is 15.2 Å². The second-order valence-electron chi connectivity index (χ2n) is 7.68. The van der Waals surface area contributed by atoms with Crippen LogP contribution in [0.25, 0.3) is 20.8 Å². The summed E-state index contributed by atoms with van der Waals surface area (Å²) in [6.07, 6.45) is 4.56. The van der Waals surface area contributed by atoms with Crippen LogP contribution in [0.1, 0.15) is 5.56 Å². The molecule has 0 aliphatic carbocycles. The minimum Gasteiger partial charge on any atom is -0.453 e. The number of morpholine rings is 1. The van der Waals surface area contributed by atoms with Crippen molar-refractivity contribution >= 4 is 27.2 Å². The molecule has 2 N–H and O–H groups in total. The van der Waals surface area contributed by atoms with Crippen LogP contribution >= 0.6 is 11.3 Å². The molecule has 8 heteroatoms. The lowest BCUT2D eigenvalue weighted by Gasteiger charge is -2.26. The Morgan fingerprint density at radius 2 is 1.94 bits per heavy atom. The van der Waals surface area contributed by atoms with Crippen molar-refractivity contribution in [3.8, 4) is 22.1 Å². The maximum atomic E-state index is 14.2. The number of aromatic nitrogens is 2. The molecule has 4 heterocycles. The monoisotopic (exact) mass is 450 g/mol. The van der Waals surface area contributed by atoms with E-state index in [2.05, 4.69) is 20.9 Å². The molecule has 0 radical (unpaired) electrons. The standard InChI is InChI=1S/C24H23FN4O2S/c25-18-13-17(26)2-4-21(18)31-22-5-7-27-20-14-23(32-24(20)22)19-3-1-16(15-28-19)6-8-29-9-11-30-12-10-29/h1-5,7,13-15H,6,8-12,26H2. The van der Waals surface area contributed by atoms with E-state index in [1.54, 1.807) is 18.3 Å². The van der Waals surface area contributed by atoms with Crippen LogP contribution in [0.4, 0.5) is 10.1 Å². The molecule has 1 aromatic carbocycles. The van der Waals surface area contributed by atoms with Gasteiger partial charge in [0.25, 0.3) is 0 Å². The molecule has 3 aromatic heterocycles. The largest absolute Gasteiger partial charge is 0.453 e. The van der Waals surface area contributed by atoms with E-state index in [-0.39, 0.29) is 5.75 Å². The number of rotatable bonds is 6. The first-order valence-electron chi connectivity index (χ1n) is 10.5. The van der Waals surface area contributed by atoms with E-state index in [0.29, 0.717) is 11.4 Å². The lowest BCUT2D eigenvalue weighted by molar-refractivity contribution is 0.0384. The molecule has 32 heavy (non-hydrogen) atoms. The number of halogens is 1. The number of benzene rings is 1. The van der Waals surface area contributed by atoms with Crippen molar-refractivity contribution in [2.24, 2.45) is 0 Å². The summed E-state index contributed by atoms with van der Waals surface area (Å²) in [5.74, 6) is 0.183. The van der Waals surface area contributed by atoms with Crippen molar-refractivity contribution < 1.29 is 13.9 Å². The number of nitrogens with zero attached hydrogens (tertiary/aromatic N) is 3. The highest BCUT2D eigenvalue weighted by atomic mass is 32.1. The first kappa shape index (κ1) is 20.8. The van der Waals surface area contributed by atoms with Crippen molar-refractivity contribution in [3.63, 3.8) is 0 Å². The molecular weight excluding hydrogens is 427 g/mol. The third-order valence-electron chi connectivity index (χ3n) is 5.45. The lowest BCUT2D eigenvalue weighted by atomic mass is 10.1. The van der Waals surface area contributed by atoms with E-state index in [9.17, 15) is 4.39 Å². The van der Waals surface area contributed by atoms with Crippen molar-refractivity contribution in [2.75, 3.05) is 38.6 Å². The first-order valence-corrected chi connectivity index (χ1v) is 11.3. The lowest BCUT2D eigenvalue weighted by Crippen LogP contribution is -2.37. The zero-order valence-electron chi connectivity index (χ0n) is 17.5. The molecule has 1 fully saturated rings. The number of anilines is 1. The Hall–Kier alpha value is -3.07. The van der Waals surface area contributed by atoms with Gasteiger partial charge < -0.3 is 15.2 Å². The predicted molar refractivity (Wildman–Crippen MR) is 125 cm³/mol. The van der Waals surface area contributed by atoms with Crippen LogP contribution in [0.5, 0.6) is 11.5 Å². The maximum absolute atomic E-state index is 14.2. The second kappa shape index (κ2) is 9.20. The van der Waals surface area contributed by atoms with Gasteiger partial charge in [0, 0.05) is 49.8 Å². The predicted octanol–water partition coefficient (Wildman–Crippen LogP) is 4.75. The third-order valence-corrected chi connectivity index (χ3v) is 6.61. The van der Waals surface area contributed by atoms with Crippen LogP contribution in [-0.2, 0) is 11.2 Å². The molecule has 1 aliphatic heterocycles. The summed E-state index contributed by atoms with van der Waals surface area (Å²) in [5, 5.41) is 0. The summed E-state index contributed by atoms with van der Waals surface area (Å²) in [5.41, 5.74) is 8.86. The highest BCUT2D eigenvalue weighted by molar-refractivity contribution is 7.22. The summed E-state index contributed by atoms with van der Waals surface area (Å²) >= 11 is 1.53. The van der Waals surface area contributed by atoms with Gasteiger partial charge in [-0.3, -0.25) is 14.9 Å². The van der Waals surface area contributed by atoms with Gasteiger partial charge in [0.15, 0.2) is 11.6 Å². The molecule has 0 bridgehead atoms. The molecule has 4 aromatic rings. The van der Waals surface area contributed by atoms with Gasteiger partial charge in [0.05, 0.1) is 34.0 Å². The molecule has 0 spiro atoms. The van der Waals surface area contributed by atoms with Gasteiger partial charge in [0.2, 0.25) is 0 Å². The smallest absolute Gasteiger partial charge is 0.167 e. The fourth-order valence-corrected chi connectivity index (χ4v) is 4.71. The molecule has 6 nitrogen and oxygen atoms in total. The summed E-state index contributed by atoms with van der Waals surface area (Å²) < 4.78 is 26.3. The van der Waals surface area contributed by atoms with Gasteiger partial charge in [-0.05, 0) is 36.2 Å². The van der Waals surface area contributed by atoms with Crippen molar-refractivity contribution in [3.05, 3.63) is 66.2 Å². The Bertz CT molecular complexity index is 1220. The first-order chi connectivity index (χ1) is 15.7. The Kier molecular flexibility index (Phi) is 5.98. The van der Waals surface area contributed by atoms with Gasteiger partial charge in [-0.1, -0.05) is 6.07 Å². The Morgan fingerprint density at radius 1 is 1.06 bits per heavy atom. The SMILES string of the molecule is Nc1ccc(Oc2ccnc3cc(-c4ccc(CCN5CCOCC5)cn4)sc23)c(F)c1. The second-order valence-corrected chi connectivity index (χ2v) is 8.73. The zero-order chi connectivity index (χ0) is 21.9. The average molecular weight is 451 g/mol. The number of nitrogens with two attached hydrogens (primary N) is 1. The van der Waals surface area contributed by atoms with E-state index >= 15 is 0 Å². The van der Waals surface area contributed by atoms with Crippen LogP contribution in [0.2, 0.25) is 0 Å². The van der Waals surface area contributed by atoms with Gasteiger partial charge in [-0.2, -0.15) is 0 Å². The fraction of sp³-hybridized carbons (Fsp3) is 0.250. The number of ether oxygens (including phenoxy) is 2. The van der Waals surface area contributed by atoms with Crippen LogP contribution in [0.3, 0.4) is 0 Å². The number of fused-ring (bicyclic) bond motifs is 1. The van der Waals surface area contributed by atoms with Crippen molar-refractivity contribution in [1.82, 2.24) is 14.9 Å². The number of hydrogen-bond acceptors (Lipinski definition) is 7. The molecule has 1 aliphatic rings. The molecule has 0 atom stereocenters. The zero-order valence-corrected chi connectivity index (χ0v) is 18.3. The van der Waals surface area contributed by atoms with E-state index in [1.165, 1.54) is 29.0 Å². The van der Waals surface area contributed by atoms with Crippen LogP contribution < -0.4 is 10.5 Å². The Morgan fingerprint density at radius 3 is 2.72 bits per heavy atom. The Labute approximate surface area is 189 Å². The normalized spacial score (nSPS) is 14.7. The number of thiophene rings is 1. The molecule has 0 amide bonds. The van der Waals surface area contributed by atoms with Crippen LogP contribution in [0, 0.1) is 5.82 Å². The summed E-state index contributed by atoms with van der Waals surface area (Å²) in [7, 11) is 0. The highest BCUT2D eigenvalue weighted by Crippen LogP contribution is 2.39. The summed E-state index contributed by atoms with van der Waals surface area (Å²) in [6.45, 7) is 4.62. The highest BCUT2D eigenvalue weighted by Gasteiger charge is 2.14. The van der Waals surface area contributed by atoms with Crippen molar-refractivity contribution in [2.45, 2.75) is 6.42 Å². The molecule has 0 unspecified atom stereocenters. The van der Waals surface area contributed by atoms with Gasteiger partial charge in [-0.25, -0.2) is 4.39 Å². The molecule has 0 saturated carbocycles. The minimum atomic E-state index is -0.499. The Balaban J connectivity index is 1.34. The third kappa shape index (κ3) is 4.57. The summed E-state index contributed by atoms with van der Waals surface area (Å²) in [4.78, 5) is 12.5. The number of hydrogen-bond donors (Lipinski definition) is 1. The molecule has 1 saturated heterocycles. The van der Waals surface area contributed by atoms with Crippen molar-refractivity contribution in [1.29, 1.82) is 0 Å². The number of nitrogen functional groups attached to an aromatic ring is 1. The van der Waals surface area contributed by atoms with Crippen LogP contribution in [0.15, 0.2) is 54.9 Å². The molecule has 5 rings (SSSR count). The quantitative estimate of drug-likeness (QED) is 0.428. The van der Waals surface area contributed by atoms with Gasteiger partial charge >= 0.3 is 0 Å². The van der Waals surface area contributed by atoms with E-state index < -0.39 is 5.82 Å². The summed E-state index contributed by atoms with van der Waals surface area (Å²) in [6, 6.07) is 12.3. The minimum absolute atomic E-state index is 0.129.